The van der Waals surface area contributed by atoms with E-state index < -0.39 is 0 Å². The maximum atomic E-state index is 11.9. The van der Waals surface area contributed by atoms with Crippen molar-refractivity contribution < 1.29 is 4.74 Å². The lowest BCUT2D eigenvalue weighted by atomic mass is 9.97. The number of pyridine rings is 1. The number of nitrogens with zero attached hydrogens (tertiary/aromatic N) is 1. The number of ether oxygens (including phenoxy) is 1. The Morgan fingerprint density at radius 2 is 1.87 bits per heavy atom. The van der Waals surface area contributed by atoms with E-state index in [1.165, 1.54) is 16.8 Å². The van der Waals surface area contributed by atoms with Crippen LogP contribution in [0.5, 0.6) is 0 Å². The lowest BCUT2D eigenvalue weighted by Crippen LogP contribution is -2.36. The van der Waals surface area contributed by atoms with E-state index in [1.807, 2.05) is 19.9 Å². The Morgan fingerprint density at radius 3 is 2.52 bits per heavy atom. The molecule has 4 heteroatoms. The summed E-state index contributed by atoms with van der Waals surface area (Å²) in [6, 6.07) is 8.60. The average molecular weight is 312 g/mol. The predicted octanol–water partition coefficient (Wildman–Crippen LogP) is 3.06. The molecule has 23 heavy (non-hydrogen) atoms. The molecule has 4 nitrogen and oxygen atoms in total. The summed E-state index contributed by atoms with van der Waals surface area (Å²) in [4.78, 5) is 17.3. The van der Waals surface area contributed by atoms with Crippen LogP contribution in [-0.4, -0.2) is 31.3 Å². The fourth-order valence-corrected chi connectivity index (χ4v) is 3.18. The van der Waals surface area contributed by atoms with Crippen molar-refractivity contribution in [2.75, 3.05) is 31.2 Å². The van der Waals surface area contributed by atoms with Crippen molar-refractivity contribution in [2.24, 2.45) is 0 Å². The first-order valence-electron chi connectivity index (χ1n) is 8.26. The maximum Gasteiger partial charge on any atom is 0.251 e. The minimum Gasteiger partial charge on any atom is -0.378 e. The third-order valence-corrected chi connectivity index (χ3v) is 4.57. The van der Waals surface area contributed by atoms with Crippen LogP contribution in [0.1, 0.15) is 23.7 Å². The molecule has 1 aromatic carbocycles. The summed E-state index contributed by atoms with van der Waals surface area (Å²) in [6.45, 7) is 9.57. The van der Waals surface area contributed by atoms with E-state index in [2.05, 4.69) is 35.0 Å². The number of aryl methyl sites for hydroxylation is 3. The lowest BCUT2D eigenvalue weighted by molar-refractivity contribution is 0.122. The molecule has 0 saturated carbocycles. The van der Waals surface area contributed by atoms with Gasteiger partial charge in [-0.2, -0.15) is 0 Å². The molecule has 1 N–H and O–H groups in total. The second-order valence-corrected chi connectivity index (χ2v) is 6.11. The summed E-state index contributed by atoms with van der Waals surface area (Å²) < 4.78 is 5.42. The zero-order valence-electron chi connectivity index (χ0n) is 14.1. The molecule has 1 aliphatic heterocycles. The van der Waals surface area contributed by atoms with Crippen molar-refractivity contribution in [2.45, 2.75) is 27.2 Å². The van der Waals surface area contributed by atoms with E-state index in [9.17, 15) is 4.79 Å². The molecule has 0 unspecified atom stereocenters. The summed E-state index contributed by atoms with van der Waals surface area (Å²) in [7, 11) is 0. The predicted molar refractivity (Wildman–Crippen MR) is 94.4 cm³/mol. The number of rotatable bonds is 3. The molecule has 1 fully saturated rings. The van der Waals surface area contributed by atoms with Gasteiger partial charge in [0, 0.05) is 35.6 Å². The van der Waals surface area contributed by atoms with E-state index in [1.54, 1.807) is 0 Å². The number of H-pyrrole nitrogens is 1. The summed E-state index contributed by atoms with van der Waals surface area (Å²) in [6.07, 6.45) is 0.744. The van der Waals surface area contributed by atoms with Gasteiger partial charge in [-0.05, 0) is 49.6 Å². The fraction of sp³-hybridized carbons (Fsp3) is 0.421. The smallest absolute Gasteiger partial charge is 0.251 e. The molecule has 3 rings (SSSR count). The number of morpholine rings is 1. The van der Waals surface area contributed by atoms with Gasteiger partial charge < -0.3 is 14.6 Å². The highest BCUT2D eigenvalue weighted by Crippen LogP contribution is 2.29. The van der Waals surface area contributed by atoms with Crippen LogP contribution in [0.2, 0.25) is 0 Å². The molecular weight excluding hydrogens is 288 g/mol. The van der Waals surface area contributed by atoms with E-state index in [0.29, 0.717) is 0 Å². The van der Waals surface area contributed by atoms with Crippen molar-refractivity contribution in [3.8, 4) is 11.1 Å². The van der Waals surface area contributed by atoms with Crippen LogP contribution in [0.4, 0.5) is 5.69 Å². The van der Waals surface area contributed by atoms with Crippen molar-refractivity contribution in [1.82, 2.24) is 4.98 Å². The Labute approximate surface area is 137 Å². The van der Waals surface area contributed by atoms with Crippen molar-refractivity contribution in [1.29, 1.82) is 0 Å². The van der Waals surface area contributed by atoms with Gasteiger partial charge in [-0.15, -0.1) is 0 Å². The van der Waals surface area contributed by atoms with E-state index in [4.69, 9.17) is 4.74 Å². The summed E-state index contributed by atoms with van der Waals surface area (Å²) >= 11 is 0. The normalized spacial score (nSPS) is 15.0. The van der Waals surface area contributed by atoms with Crippen LogP contribution in [0.15, 0.2) is 29.1 Å². The second-order valence-electron chi connectivity index (χ2n) is 6.11. The number of hydrogen-bond donors (Lipinski definition) is 1. The first kappa shape index (κ1) is 15.8. The van der Waals surface area contributed by atoms with Crippen LogP contribution in [-0.2, 0) is 11.2 Å². The van der Waals surface area contributed by atoms with Crippen LogP contribution < -0.4 is 10.5 Å². The summed E-state index contributed by atoms with van der Waals surface area (Å²) in [5, 5.41) is 0. The number of anilines is 1. The number of benzene rings is 1. The Kier molecular flexibility index (Phi) is 4.53. The van der Waals surface area contributed by atoms with Gasteiger partial charge in [-0.25, -0.2) is 0 Å². The first-order chi connectivity index (χ1) is 11.1. The molecular formula is C19H24N2O2. The summed E-state index contributed by atoms with van der Waals surface area (Å²) in [5.74, 6) is 0. The maximum absolute atomic E-state index is 11.9. The molecule has 0 amide bonds. The van der Waals surface area contributed by atoms with Crippen molar-refractivity contribution in [3.05, 3.63) is 51.4 Å². The van der Waals surface area contributed by atoms with Crippen LogP contribution in [0.25, 0.3) is 11.1 Å². The standard InChI is InChI=1S/C19H24N2O2/c1-4-15-12-18(14(3)20-19(15)22)17-6-5-16(11-13(17)2)21-7-9-23-10-8-21/h5-6,11-12H,4,7-10H2,1-3H3,(H,20,22). The van der Waals surface area contributed by atoms with E-state index in [0.717, 1.165) is 49.5 Å². The molecule has 1 aromatic heterocycles. The average Bonchev–Trinajstić information content (AvgIpc) is 2.56. The molecule has 0 aliphatic carbocycles. The Hall–Kier alpha value is -2.07. The van der Waals surface area contributed by atoms with Crippen LogP contribution in [0, 0.1) is 13.8 Å². The van der Waals surface area contributed by atoms with Gasteiger partial charge in [0.1, 0.15) is 0 Å². The quantitative estimate of drug-likeness (QED) is 0.947. The zero-order valence-corrected chi connectivity index (χ0v) is 14.1. The van der Waals surface area contributed by atoms with Crippen molar-refractivity contribution in [3.63, 3.8) is 0 Å². The molecule has 0 atom stereocenters. The molecule has 2 heterocycles. The van der Waals surface area contributed by atoms with Gasteiger partial charge in [-0.3, -0.25) is 4.79 Å². The van der Waals surface area contributed by atoms with Gasteiger partial charge in [-0.1, -0.05) is 13.0 Å². The first-order valence-corrected chi connectivity index (χ1v) is 8.26. The number of nitrogens with one attached hydrogen (secondary N) is 1. The van der Waals surface area contributed by atoms with Gasteiger partial charge >= 0.3 is 0 Å². The molecule has 1 saturated heterocycles. The number of aromatic amines is 1. The molecule has 1 aliphatic rings. The van der Waals surface area contributed by atoms with Gasteiger partial charge in [0.25, 0.3) is 5.56 Å². The van der Waals surface area contributed by atoms with Gasteiger partial charge in [0.15, 0.2) is 0 Å². The molecule has 122 valence electrons. The SMILES string of the molecule is CCc1cc(-c2ccc(N3CCOCC3)cc2C)c(C)[nH]c1=O. The summed E-state index contributed by atoms with van der Waals surface area (Å²) in [5.41, 5.74) is 6.56. The minimum absolute atomic E-state index is 0.0244. The molecule has 2 aromatic rings. The molecule has 0 bridgehead atoms. The largest absolute Gasteiger partial charge is 0.378 e. The Balaban J connectivity index is 1.99. The van der Waals surface area contributed by atoms with Crippen LogP contribution in [0.3, 0.4) is 0 Å². The zero-order chi connectivity index (χ0) is 16.4. The molecule has 0 spiro atoms. The van der Waals surface area contributed by atoms with Gasteiger partial charge in [0.2, 0.25) is 0 Å². The minimum atomic E-state index is 0.0244. The highest BCUT2D eigenvalue weighted by atomic mass is 16.5. The topological polar surface area (TPSA) is 45.3 Å². The fourth-order valence-electron chi connectivity index (χ4n) is 3.18. The second kappa shape index (κ2) is 6.59. The number of hydrogen-bond acceptors (Lipinski definition) is 3. The molecule has 0 radical (unpaired) electrons. The lowest BCUT2D eigenvalue weighted by Gasteiger charge is -2.29. The third kappa shape index (κ3) is 3.17. The van der Waals surface area contributed by atoms with Gasteiger partial charge in [0.05, 0.1) is 13.2 Å². The van der Waals surface area contributed by atoms with Crippen LogP contribution >= 0.6 is 0 Å². The van der Waals surface area contributed by atoms with E-state index in [-0.39, 0.29) is 5.56 Å². The highest BCUT2D eigenvalue weighted by molar-refractivity contribution is 5.72. The third-order valence-electron chi connectivity index (χ3n) is 4.57. The Bertz CT molecular complexity index is 758. The number of aromatic nitrogens is 1. The Morgan fingerprint density at radius 1 is 1.13 bits per heavy atom. The monoisotopic (exact) mass is 312 g/mol. The highest BCUT2D eigenvalue weighted by Gasteiger charge is 2.14. The van der Waals surface area contributed by atoms with Crippen molar-refractivity contribution >= 4 is 5.69 Å². The van der Waals surface area contributed by atoms with E-state index >= 15 is 0 Å².